The molecule has 0 aliphatic rings. The Kier molecular flexibility index (Phi) is 7.61. The number of nitrogens with two attached hydrogens (primary N) is 1. The molecule has 0 saturated heterocycles. The average molecular weight is 300 g/mol. The molecule has 0 fully saturated rings. The van der Waals surface area contributed by atoms with Crippen molar-refractivity contribution in [3.63, 3.8) is 0 Å². The van der Waals surface area contributed by atoms with Gasteiger partial charge in [0.1, 0.15) is 6.23 Å². The first-order valence-electron chi connectivity index (χ1n) is 6.31. The molecule has 8 heteroatoms. The van der Waals surface area contributed by atoms with Gasteiger partial charge in [-0.1, -0.05) is 6.58 Å². The maximum absolute atomic E-state index is 11.0. The Labute approximate surface area is 124 Å². The first kappa shape index (κ1) is 19.1. The number of nitrogens with zero attached hydrogens (tertiary/aromatic N) is 3. The standard InChI is InChI=1S/C13H24N4O4/c1-7-15-11(10(14)16-9(2)20-6)17(5)21-8-13(3,4)12(18)19/h7,9H,1,8H2,2-6H3,(H2,14,16)(H,18,19). The molecule has 0 rings (SSSR count). The molecule has 120 valence electrons. The van der Waals surface area contributed by atoms with Crippen molar-refractivity contribution in [2.24, 2.45) is 21.1 Å². The molecule has 1 unspecified atom stereocenters. The summed E-state index contributed by atoms with van der Waals surface area (Å²) in [7, 11) is 3.06. The van der Waals surface area contributed by atoms with E-state index in [2.05, 4.69) is 16.6 Å². The molecule has 0 heterocycles. The van der Waals surface area contributed by atoms with Gasteiger partial charge in [-0.15, -0.1) is 0 Å². The summed E-state index contributed by atoms with van der Waals surface area (Å²) in [6, 6.07) is 0. The van der Waals surface area contributed by atoms with Crippen molar-refractivity contribution in [2.75, 3.05) is 20.8 Å². The summed E-state index contributed by atoms with van der Waals surface area (Å²) in [5.74, 6) is -0.650. The van der Waals surface area contributed by atoms with Crippen LogP contribution in [0.2, 0.25) is 0 Å². The molecule has 0 amide bonds. The molecule has 0 bridgehead atoms. The van der Waals surface area contributed by atoms with E-state index in [0.29, 0.717) is 0 Å². The molecule has 1 atom stereocenters. The van der Waals surface area contributed by atoms with Crippen LogP contribution in [0, 0.1) is 5.41 Å². The summed E-state index contributed by atoms with van der Waals surface area (Å²) in [5, 5.41) is 10.3. The second kappa shape index (κ2) is 8.38. The number of ether oxygens (including phenoxy) is 1. The van der Waals surface area contributed by atoms with Crippen molar-refractivity contribution in [2.45, 2.75) is 27.0 Å². The fraction of sp³-hybridized carbons (Fsp3) is 0.615. The molecule has 0 aromatic carbocycles. The first-order chi connectivity index (χ1) is 9.65. The van der Waals surface area contributed by atoms with Crippen LogP contribution in [0.25, 0.3) is 0 Å². The fourth-order valence-corrected chi connectivity index (χ4v) is 1.08. The normalized spacial score (nSPS) is 14.7. The van der Waals surface area contributed by atoms with Crippen LogP contribution in [0.4, 0.5) is 0 Å². The van der Waals surface area contributed by atoms with E-state index < -0.39 is 17.6 Å². The van der Waals surface area contributed by atoms with Crippen molar-refractivity contribution in [3.05, 3.63) is 12.8 Å². The van der Waals surface area contributed by atoms with E-state index in [-0.39, 0.29) is 18.3 Å². The predicted molar refractivity (Wildman–Crippen MR) is 80.9 cm³/mol. The Balaban J connectivity index is 4.99. The summed E-state index contributed by atoms with van der Waals surface area (Å²) in [4.78, 5) is 24.5. The van der Waals surface area contributed by atoms with Crippen molar-refractivity contribution in [3.8, 4) is 0 Å². The molecule has 0 saturated carbocycles. The molecule has 21 heavy (non-hydrogen) atoms. The molecule has 3 N–H and O–H groups in total. The smallest absolute Gasteiger partial charge is 0.311 e. The number of carboxylic acids is 1. The summed E-state index contributed by atoms with van der Waals surface area (Å²) >= 11 is 0. The number of amidine groups is 2. The van der Waals surface area contributed by atoms with Crippen LogP contribution in [0.5, 0.6) is 0 Å². The third-order valence-corrected chi connectivity index (χ3v) is 2.60. The monoisotopic (exact) mass is 300 g/mol. The number of hydrogen-bond donors (Lipinski definition) is 2. The lowest BCUT2D eigenvalue weighted by atomic mass is 9.96. The molecular weight excluding hydrogens is 276 g/mol. The second-order valence-corrected chi connectivity index (χ2v) is 4.94. The SMILES string of the molecule is C=CN=C(C(N)=NC(C)OC)N(C)OCC(C)(C)C(=O)O. The van der Waals surface area contributed by atoms with E-state index in [1.807, 2.05) is 0 Å². The number of carbonyl (C=O) groups is 1. The first-order valence-corrected chi connectivity index (χ1v) is 6.31. The lowest BCUT2D eigenvalue weighted by molar-refractivity contribution is -0.161. The van der Waals surface area contributed by atoms with Crippen LogP contribution in [-0.4, -0.2) is 54.8 Å². The second-order valence-electron chi connectivity index (χ2n) is 4.94. The molecule has 0 aromatic heterocycles. The van der Waals surface area contributed by atoms with E-state index in [9.17, 15) is 4.79 Å². The van der Waals surface area contributed by atoms with Gasteiger partial charge in [-0.3, -0.25) is 9.63 Å². The van der Waals surface area contributed by atoms with E-state index >= 15 is 0 Å². The predicted octanol–water partition coefficient (Wildman–Crippen LogP) is 0.852. The van der Waals surface area contributed by atoms with Gasteiger partial charge in [-0.25, -0.2) is 15.0 Å². The van der Waals surface area contributed by atoms with Crippen LogP contribution >= 0.6 is 0 Å². The highest BCUT2D eigenvalue weighted by molar-refractivity contribution is 6.39. The summed E-state index contributed by atoms with van der Waals surface area (Å²) in [6.07, 6.45) is 0.848. The van der Waals surface area contributed by atoms with E-state index in [1.54, 1.807) is 27.8 Å². The van der Waals surface area contributed by atoms with Crippen molar-refractivity contribution >= 4 is 17.6 Å². The van der Waals surface area contributed by atoms with Gasteiger partial charge in [0, 0.05) is 20.4 Å². The van der Waals surface area contributed by atoms with Gasteiger partial charge in [-0.05, 0) is 20.8 Å². The van der Waals surface area contributed by atoms with Gasteiger partial charge in [0.15, 0.2) is 11.7 Å². The Hall–Kier alpha value is -1.93. The minimum absolute atomic E-state index is 0.0535. The molecule has 0 radical (unpaired) electrons. The summed E-state index contributed by atoms with van der Waals surface area (Å²) in [5.41, 5.74) is 4.79. The minimum atomic E-state index is -1.04. The number of aliphatic imine (C=N–C) groups is 2. The lowest BCUT2D eigenvalue weighted by Gasteiger charge is -2.25. The van der Waals surface area contributed by atoms with Gasteiger partial charge in [0.2, 0.25) is 0 Å². The van der Waals surface area contributed by atoms with Crippen LogP contribution in [0.15, 0.2) is 22.8 Å². The zero-order valence-electron chi connectivity index (χ0n) is 13.2. The minimum Gasteiger partial charge on any atom is -0.481 e. The number of aliphatic carboxylic acids is 1. The topological polar surface area (TPSA) is 110 Å². The number of carboxylic acid groups (broad SMARTS) is 1. The molecule has 0 spiro atoms. The van der Waals surface area contributed by atoms with Gasteiger partial charge >= 0.3 is 5.97 Å². The van der Waals surface area contributed by atoms with Crippen LogP contribution in [-0.2, 0) is 14.4 Å². The molecular formula is C13H24N4O4. The molecule has 0 aliphatic carbocycles. The zero-order chi connectivity index (χ0) is 16.6. The number of methoxy groups -OCH3 is 1. The van der Waals surface area contributed by atoms with Crippen molar-refractivity contribution in [1.29, 1.82) is 0 Å². The Morgan fingerprint density at radius 1 is 1.57 bits per heavy atom. The number of hydroxylamine groups is 2. The molecule has 0 aromatic rings. The van der Waals surface area contributed by atoms with Crippen molar-refractivity contribution in [1.82, 2.24) is 5.06 Å². The fourth-order valence-electron chi connectivity index (χ4n) is 1.08. The van der Waals surface area contributed by atoms with Gasteiger partial charge < -0.3 is 15.6 Å². The quantitative estimate of drug-likeness (QED) is 0.410. The van der Waals surface area contributed by atoms with Gasteiger partial charge in [0.25, 0.3) is 0 Å². The summed E-state index contributed by atoms with van der Waals surface area (Å²) < 4.78 is 4.99. The van der Waals surface area contributed by atoms with Crippen LogP contribution in [0.3, 0.4) is 0 Å². The highest BCUT2D eigenvalue weighted by Gasteiger charge is 2.29. The third kappa shape index (κ3) is 6.37. The van der Waals surface area contributed by atoms with Crippen LogP contribution in [0.1, 0.15) is 20.8 Å². The summed E-state index contributed by atoms with van der Waals surface area (Å²) in [6.45, 7) is 8.26. The largest absolute Gasteiger partial charge is 0.481 e. The Bertz CT molecular complexity index is 432. The number of likely N-dealkylation sites (N-methyl/N-ethyl adjacent to an activating group) is 1. The number of rotatable bonds is 7. The maximum Gasteiger partial charge on any atom is 0.311 e. The van der Waals surface area contributed by atoms with Crippen molar-refractivity contribution < 1.29 is 19.5 Å². The Morgan fingerprint density at radius 3 is 2.57 bits per heavy atom. The molecule has 0 aliphatic heterocycles. The zero-order valence-corrected chi connectivity index (χ0v) is 13.2. The van der Waals surface area contributed by atoms with E-state index in [0.717, 1.165) is 0 Å². The average Bonchev–Trinajstić information content (AvgIpc) is 2.41. The highest BCUT2D eigenvalue weighted by atomic mass is 16.7. The molecule has 8 nitrogen and oxygen atoms in total. The Morgan fingerprint density at radius 2 is 2.14 bits per heavy atom. The number of hydrogen-bond acceptors (Lipinski definition) is 5. The van der Waals surface area contributed by atoms with Gasteiger partial charge in [0.05, 0.1) is 12.0 Å². The highest BCUT2D eigenvalue weighted by Crippen LogP contribution is 2.16. The third-order valence-electron chi connectivity index (χ3n) is 2.60. The lowest BCUT2D eigenvalue weighted by Crippen LogP contribution is -2.41. The maximum atomic E-state index is 11.0. The van der Waals surface area contributed by atoms with Gasteiger partial charge in [-0.2, -0.15) is 0 Å². The van der Waals surface area contributed by atoms with E-state index in [4.69, 9.17) is 20.4 Å². The van der Waals surface area contributed by atoms with E-state index in [1.165, 1.54) is 18.4 Å². The van der Waals surface area contributed by atoms with Crippen LogP contribution < -0.4 is 5.73 Å².